The van der Waals surface area contributed by atoms with Crippen molar-refractivity contribution in [2.75, 3.05) is 28.2 Å². The molecule has 3 aromatic carbocycles. The number of hydrogen-bond acceptors (Lipinski definition) is 8. The van der Waals surface area contributed by atoms with Gasteiger partial charge >= 0.3 is 0 Å². The molecular formula is C31H29FN6O3S2. The van der Waals surface area contributed by atoms with Crippen LogP contribution in [0.4, 0.5) is 27.3 Å². The number of fused-ring (bicyclic) bond motifs is 1. The predicted octanol–water partition coefficient (Wildman–Crippen LogP) is 6.83. The SMILES string of the molecule is CC(C)c1ccc2c(Nc3cc(C(=O)N(C)c4ccc(F)cc4)ccc3Sc3ccc(NS(C)(=O)=O)cc3)ncnc2n1. The topological polar surface area (TPSA) is 117 Å². The zero-order valence-corrected chi connectivity index (χ0v) is 25.5. The standard InChI is InChI=1S/C31H29FN6O3S2/c1-19(2)26-15-14-25-29(35-26)33-18-34-30(25)36-27-17-20(31(39)38(3)23-10-6-21(32)7-11-23)5-16-28(27)42-24-12-8-22(9-13-24)37-43(4,40)41/h5-19,37H,1-4H3,(H,33,34,35,36). The zero-order valence-electron chi connectivity index (χ0n) is 23.9. The van der Waals surface area contributed by atoms with Crippen LogP contribution in [-0.2, 0) is 10.0 Å². The fourth-order valence-electron chi connectivity index (χ4n) is 4.26. The summed E-state index contributed by atoms with van der Waals surface area (Å²) < 4.78 is 39.1. The second-order valence-electron chi connectivity index (χ2n) is 10.2. The van der Waals surface area contributed by atoms with E-state index in [9.17, 15) is 17.6 Å². The molecule has 5 rings (SSSR count). The Morgan fingerprint density at radius 1 is 0.953 bits per heavy atom. The van der Waals surface area contributed by atoms with Crippen LogP contribution in [0.1, 0.15) is 35.8 Å². The van der Waals surface area contributed by atoms with Crippen LogP contribution < -0.4 is 14.9 Å². The van der Waals surface area contributed by atoms with Gasteiger partial charge in [0.15, 0.2) is 5.65 Å². The van der Waals surface area contributed by atoms with Gasteiger partial charge in [-0.15, -0.1) is 0 Å². The van der Waals surface area contributed by atoms with Crippen molar-refractivity contribution in [1.29, 1.82) is 0 Å². The quantitative estimate of drug-likeness (QED) is 0.185. The predicted molar refractivity (Wildman–Crippen MR) is 169 cm³/mol. The molecule has 0 atom stereocenters. The molecule has 12 heteroatoms. The number of amides is 1. The number of carbonyl (C=O) groups is 1. The van der Waals surface area contributed by atoms with Crippen molar-refractivity contribution in [3.63, 3.8) is 0 Å². The number of rotatable bonds is 9. The van der Waals surface area contributed by atoms with Crippen molar-refractivity contribution in [2.24, 2.45) is 0 Å². The summed E-state index contributed by atoms with van der Waals surface area (Å²) in [5.74, 6) is 0.0975. The molecule has 0 aliphatic rings. The molecule has 0 bridgehead atoms. The summed E-state index contributed by atoms with van der Waals surface area (Å²) in [4.78, 5) is 30.1. The highest BCUT2D eigenvalue weighted by atomic mass is 32.2. The van der Waals surface area contributed by atoms with Crippen molar-refractivity contribution in [1.82, 2.24) is 15.0 Å². The van der Waals surface area contributed by atoms with Crippen LogP contribution in [0.5, 0.6) is 0 Å². The molecule has 0 aliphatic carbocycles. The summed E-state index contributed by atoms with van der Waals surface area (Å²) in [5.41, 5.74) is 3.50. The van der Waals surface area contributed by atoms with Gasteiger partial charge in [-0.05, 0) is 84.8 Å². The van der Waals surface area contributed by atoms with E-state index in [4.69, 9.17) is 0 Å². The monoisotopic (exact) mass is 616 g/mol. The van der Waals surface area contributed by atoms with Crippen LogP contribution >= 0.6 is 11.8 Å². The Kier molecular flexibility index (Phi) is 8.60. The average molecular weight is 617 g/mol. The smallest absolute Gasteiger partial charge is 0.258 e. The first kappa shape index (κ1) is 29.9. The first-order chi connectivity index (χ1) is 20.5. The van der Waals surface area contributed by atoms with Gasteiger partial charge in [-0.1, -0.05) is 25.6 Å². The minimum atomic E-state index is -3.40. The van der Waals surface area contributed by atoms with Crippen LogP contribution in [0.3, 0.4) is 0 Å². The van der Waals surface area contributed by atoms with Crippen molar-refractivity contribution >= 4 is 61.6 Å². The number of sulfonamides is 1. The minimum absolute atomic E-state index is 0.235. The molecular weight excluding hydrogens is 588 g/mol. The average Bonchev–Trinajstić information content (AvgIpc) is 2.97. The van der Waals surface area contributed by atoms with Gasteiger partial charge < -0.3 is 10.2 Å². The van der Waals surface area contributed by atoms with E-state index < -0.39 is 10.0 Å². The molecule has 0 radical (unpaired) electrons. The number of nitrogens with one attached hydrogen (secondary N) is 2. The van der Waals surface area contributed by atoms with Gasteiger partial charge in [0, 0.05) is 39.5 Å². The lowest BCUT2D eigenvalue weighted by Crippen LogP contribution is -2.26. The molecule has 1 amide bonds. The lowest BCUT2D eigenvalue weighted by atomic mass is 10.1. The number of hydrogen-bond donors (Lipinski definition) is 2. The number of anilines is 4. The van der Waals surface area contributed by atoms with E-state index in [0.29, 0.717) is 34.1 Å². The minimum Gasteiger partial charge on any atom is -0.339 e. The van der Waals surface area contributed by atoms with E-state index in [1.54, 1.807) is 55.6 Å². The van der Waals surface area contributed by atoms with Crippen LogP contribution in [0.2, 0.25) is 0 Å². The molecule has 0 spiro atoms. The van der Waals surface area contributed by atoms with Crippen molar-refractivity contribution in [3.8, 4) is 0 Å². The van der Waals surface area contributed by atoms with E-state index in [1.165, 1.54) is 35.1 Å². The molecule has 43 heavy (non-hydrogen) atoms. The van der Waals surface area contributed by atoms with E-state index >= 15 is 0 Å². The first-order valence-corrected chi connectivity index (χ1v) is 16.0. The highest BCUT2D eigenvalue weighted by Crippen LogP contribution is 2.37. The Morgan fingerprint density at radius 3 is 2.35 bits per heavy atom. The maximum atomic E-state index is 13.5. The summed E-state index contributed by atoms with van der Waals surface area (Å²) in [7, 11) is -1.76. The fraction of sp³-hybridized carbons (Fsp3) is 0.161. The number of aromatic nitrogens is 3. The molecule has 0 unspecified atom stereocenters. The van der Waals surface area contributed by atoms with E-state index in [0.717, 1.165) is 27.1 Å². The Balaban J connectivity index is 1.51. The van der Waals surface area contributed by atoms with Crippen LogP contribution in [-0.4, -0.2) is 42.6 Å². The summed E-state index contributed by atoms with van der Waals surface area (Å²) in [6, 6.07) is 21.9. The lowest BCUT2D eigenvalue weighted by molar-refractivity contribution is 0.0993. The number of nitrogens with zero attached hydrogens (tertiary/aromatic N) is 4. The van der Waals surface area contributed by atoms with E-state index in [-0.39, 0.29) is 17.6 Å². The number of benzene rings is 3. The second kappa shape index (κ2) is 12.4. The first-order valence-electron chi connectivity index (χ1n) is 13.3. The van der Waals surface area contributed by atoms with Gasteiger partial charge in [0.1, 0.15) is 18.0 Å². The molecule has 220 valence electrons. The third-order valence-electron chi connectivity index (χ3n) is 6.49. The summed E-state index contributed by atoms with van der Waals surface area (Å²) in [6.07, 6.45) is 2.54. The van der Waals surface area contributed by atoms with Gasteiger partial charge in [0.25, 0.3) is 5.91 Å². The summed E-state index contributed by atoms with van der Waals surface area (Å²) in [6.45, 7) is 4.13. The molecule has 0 saturated heterocycles. The molecule has 2 aromatic heterocycles. The molecule has 9 nitrogen and oxygen atoms in total. The van der Waals surface area contributed by atoms with Gasteiger partial charge in [0.2, 0.25) is 10.0 Å². The van der Waals surface area contributed by atoms with Crippen molar-refractivity contribution in [3.05, 3.63) is 102 Å². The molecule has 2 heterocycles. The highest BCUT2D eigenvalue weighted by molar-refractivity contribution is 7.99. The molecule has 0 fully saturated rings. The van der Waals surface area contributed by atoms with Crippen LogP contribution in [0.25, 0.3) is 11.0 Å². The highest BCUT2D eigenvalue weighted by Gasteiger charge is 2.18. The maximum absolute atomic E-state index is 13.5. The van der Waals surface area contributed by atoms with E-state index in [1.807, 2.05) is 18.2 Å². The van der Waals surface area contributed by atoms with Gasteiger partial charge in [0.05, 0.1) is 17.3 Å². The Bertz CT molecular complexity index is 1900. The molecule has 5 aromatic rings. The Morgan fingerprint density at radius 2 is 1.67 bits per heavy atom. The molecule has 0 aliphatic heterocycles. The molecule has 0 saturated carbocycles. The summed E-state index contributed by atoms with van der Waals surface area (Å²) in [5, 5.41) is 4.11. The van der Waals surface area contributed by atoms with Crippen molar-refractivity contribution < 1.29 is 17.6 Å². The third-order valence-corrected chi connectivity index (χ3v) is 8.18. The Hall–Kier alpha value is -4.55. The number of halogens is 1. The lowest BCUT2D eigenvalue weighted by Gasteiger charge is -2.19. The van der Waals surface area contributed by atoms with E-state index in [2.05, 4.69) is 38.8 Å². The Labute approximate surface area is 253 Å². The summed E-state index contributed by atoms with van der Waals surface area (Å²) >= 11 is 1.43. The zero-order chi connectivity index (χ0) is 30.7. The van der Waals surface area contributed by atoms with Crippen LogP contribution in [0.15, 0.2) is 95.0 Å². The van der Waals surface area contributed by atoms with Gasteiger partial charge in [-0.3, -0.25) is 9.52 Å². The van der Waals surface area contributed by atoms with Crippen LogP contribution in [0, 0.1) is 5.82 Å². The third kappa shape index (κ3) is 7.27. The maximum Gasteiger partial charge on any atom is 0.258 e. The van der Waals surface area contributed by atoms with Gasteiger partial charge in [-0.25, -0.2) is 27.8 Å². The number of carbonyl (C=O) groups excluding carboxylic acids is 1. The molecule has 2 N–H and O–H groups in total. The van der Waals surface area contributed by atoms with Crippen molar-refractivity contribution in [2.45, 2.75) is 29.6 Å². The van der Waals surface area contributed by atoms with Gasteiger partial charge in [-0.2, -0.15) is 0 Å². The normalized spacial score (nSPS) is 11.5. The fourth-order valence-corrected chi connectivity index (χ4v) is 5.71. The number of pyridine rings is 1. The second-order valence-corrected chi connectivity index (χ2v) is 13.0. The largest absolute Gasteiger partial charge is 0.339 e.